The highest BCUT2D eigenvalue weighted by Gasteiger charge is 2.22. The lowest BCUT2D eigenvalue weighted by Crippen LogP contribution is -1.99. The number of rotatable bonds is 8. The molecule has 0 radical (unpaired) electrons. The van der Waals surface area contributed by atoms with Gasteiger partial charge in [-0.05, 0) is 47.2 Å². The maximum absolute atomic E-state index is 13.8. The van der Waals surface area contributed by atoms with E-state index in [-0.39, 0.29) is 21.3 Å². The Morgan fingerprint density at radius 1 is 0.611 bits per heavy atom. The number of aromatic hydroxyl groups is 2. The van der Waals surface area contributed by atoms with Crippen molar-refractivity contribution in [2.45, 2.75) is 36.5 Å². The third kappa shape index (κ3) is 5.19. The highest BCUT2D eigenvalue weighted by atomic mass is 32.2. The van der Waals surface area contributed by atoms with E-state index < -0.39 is 10.8 Å². The van der Waals surface area contributed by atoms with Crippen LogP contribution in [0.15, 0.2) is 107 Å². The van der Waals surface area contributed by atoms with Gasteiger partial charge < -0.3 is 10.2 Å². The normalized spacial score (nSPS) is 12.4. The van der Waals surface area contributed by atoms with Crippen molar-refractivity contribution in [3.8, 4) is 33.8 Å². The van der Waals surface area contributed by atoms with E-state index in [0.29, 0.717) is 11.1 Å². The van der Waals surface area contributed by atoms with E-state index in [1.165, 1.54) is 0 Å². The average Bonchev–Trinajstić information content (AvgIpc) is 2.92. The molecule has 0 saturated carbocycles. The third-order valence-electron chi connectivity index (χ3n) is 5.97. The molecule has 0 unspecified atom stereocenters. The molecule has 0 aliphatic heterocycles. The number of phenols is 2. The molecule has 0 aromatic heterocycles. The topological polar surface area (TPSA) is 57.5 Å². The molecule has 0 aliphatic rings. The van der Waals surface area contributed by atoms with Gasteiger partial charge in [0.05, 0.1) is 20.6 Å². The molecule has 0 fully saturated rings. The molecule has 182 valence electrons. The summed E-state index contributed by atoms with van der Waals surface area (Å²) in [4.78, 5) is 0.525. The Balaban J connectivity index is 1.85. The Bertz CT molecular complexity index is 1310. The van der Waals surface area contributed by atoms with Crippen molar-refractivity contribution in [2.75, 3.05) is 0 Å². The predicted octanol–water partition coefficient (Wildman–Crippen LogP) is 8.44. The first-order valence-corrected chi connectivity index (χ1v) is 13.3. The minimum atomic E-state index is -1.80. The Hall–Kier alpha value is -3.89. The zero-order valence-corrected chi connectivity index (χ0v) is 21.3. The number of benzene rings is 4. The number of phenolic OH excluding ortho intramolecular Hbond substituents is 2. The van der Waals surface area contributed by atoms with Crippen molar-refractivity contribution in [2.24, 2.45) is 0 Å². The molecule has 0 bridgehead atoms. The van der Waals surface area contributed by atoms with Crippen molar-refractivity contribution in [1.29, 1.82) is 0 Å². The van der Waals surface area contributed by atoms with Crippen molar-refractivity contribution in [3.05, 3.63) is 108 Å². The highest BCUT2D eigenvalue weighted by molar-refractivity contribution is 7.85. The Morgan fingerprint density at radius 2 is 1.00 bits per heavy atom. The molecule has 0 aliphatic carbocycles. The van der Waals surface area contributed by atoms with Gasteiger partial charge in [0.2, 0.25) is 0 Å². The minimum Gasteiger partial charge on any atom is -0.506 e. The molecule has 0 heterocycles. The summed E-state index contributed by atoms with van der Waals surface area (Å²) in [6, 6.07) is 26.7. The maximum Gasteiger partial charge on any atom is 0.139 e. The summed E-state index contributed by atoms with van der Waals surface area (Å²) in [6.07, 6.45) is 9.27. The first kappa shape index (κ1) is 25.2. The Morgan fingerprint density at radius 3 is 1.36 bits per heavy atom. The van der Waals surface area contributed by atoms with E-state index in [2.05, 4.69) is 0 Å². The fraction of sp³-hybridized carbons (Fsp3) is 0.125. The molecular formula is C32H30O3S. The van der Waals surface area contributed by atoms with Crippen LogP contribution in [0.4, 0.5) is 0 Å². The van der Waals surface area contributed by atoms with Gasteiger partial charge in [-0.25, -0.2) is 4.21 Å². The van der Waals surface area contributed by atoms with E-state index in [4.69, 9.17) is 0 Å². The maximum atomic E-state index is 13.8. The average molecular weight is 495 g/mol. The molecule has 4 heteroatoms. The van der Waals surface area contributed by atoms with Crippen LogP contribution in [0.3, 0.4) is 0 Å². The zero-order chi connectivity index (χ0) is 25.5. The first-order chi connectivity index (χ1) is 17.6. The van der Waals surface area contributed by atoms with E-state index in [0.717, 1.165) is 35.1 Å². The van der Waals surface area contributed by atoms with Gasteiger partial charge in [-0.1, -0.05) is 111 Å². The molecule has 0 spiro atoms. The summed E-state index contributed by atoms with van der Waals surface area (Å²) < 4.78 is 13.8. The largest absolute Gasteiger partial charge is 0.506 e. The molecular weight excluding hydrogens is 464 g/mol. The quantitative estimate of drug-likeness (QED) is 0.258. The lowest BCUT2D eigenvalue weighted by Gasteiger charge is -2.16. The van der Waals surface area contributed by atoms with E-state index in [1.54, 1.807) is 12.1 Å². The van der Waals surface area contributed by atoms with E-state index in [1.807, 2.05) is 111 Å². The molecule has 0 atom stereocenters. The molecule has 4 rings (SSSR count). The Kier molecular flexibility index (Phi) is 8.19. The predicted molar refractivity (Wildman–Crippen MR) is 150 cm³/mol. The standard InChI is InChI=1S/C32H30O3S/c1-3-5-17-27-25(23-13-9-7-10-14-23)19-21-29(31(27)33)36(35)30-22-20-26(24-15-11-8-12-16-24)28(32(30)34)18-6-4-2/h5-22,33-34H,3-4H2,1-2H3. The van der Waals surface area contributed by atoms with Crippen molar-refractivity contribution >= 4 is 23.0 Å². The van der Waals surface area contributed by atoms with Crippen LogP contribution in [0.1, 0.15) is 37.8 Å². The summed E-state index contributed by atoms with van der Waals surface area (Å²) in [5.41, 5.74) is 4.86. The zero-order valence-electron chi connectivity index (χ0n) is 20.5. The van der Waals surface area contributed by atoms with Crippen LogP contribution in [-0.4, -0.2) is 14.4 Å². The van der Waals surface area contributed by atoms with Crippen LogP contribution in [0.25, 0.3) is 34.4 Å². The van der Waals surface area contributed by atoms with Crippen LogP contribution < -0.4 is 0 Å². The number of hydrogen-bond donors (Lipinski definition) is 2. The van der Waals surface area contributed by atoms with Gasteiger partial charge in [0.1, 0.15) is 11.5 Å². The SMILES string of the molecule is CCC=Cc1c(-c2ccccc2)ccc(S(=O)c2ccc(-c3ccccc3)c(C=CCC)c2O)c1O. The van der Waals surface area contributed by atoms with Gasteiger partial charge in [0.15, 0.2) is 0 Å². The molecule has 0 saturated heterocycles. The van der Waals surface area contributed by atoms with Gasteiger partial charge in [0, 0.05) is 11.1 Å². The van der Waals surface area contributed by atoms with Crippen LogP contribution in [-0.2, 0) is 10.8 Å². The van der Waals surface area contributed by atoms with Crippen LogP contribution in [0.5, 0.6) is 11.5 Å². The molecule has 0 amide bonds. The fourth-order valence-electron chi connectivity index (χ4n) is 4.14. The monoisotopic (exact) mass is 494 g/mol. The van der Waals surface area contributed by atoms with Crippen molar-refractivity contribution in [3.63, 3.8) is 0 Å². The van der Waals surface area contributed by atoms with Gasteiger partial charge in [-0.2, -0.15) is 0 Å². The summed E-state index contributed by atoms with van der Waals surface area (Å²) in [7, 11) is -1.80. The second kappa shape index (κ2) is 11.7. The molecule has 36 heavy (non-hydrogen) atoms. The first-order valence-electron chi connectivity index (χ1n) is 12.1. The van der Waals surface area contributed by atoms with Crippen molar-refractivity contribution < 1.29 is 14.4 Å². The van der Waals surface area contributed by atoms with Crippen LogP contribution >= 0.6 is 0 Å². The lowest BCUT2D eigenvalue weighted by atomic mass is 9.98. The third-order valence-corrected chi connectivity index (χ3v) is 7.43. The van der Waals surface area contributed by atoms with Gasteiger partial charge in [-0.3, -0.25) is 0 Å². The van der Waals surface area contributed by atoms with Gasteiger partial charge in [0.25, 0.3) is 0 Å². The fourth-order valence-corrected chi connectivity index (χ4v) is 5.33. The van der Waals surface area contributed by atoms with E-state index in [9.17, 15) is 14.4 Å². The smallest absolute Gasteiger partial charge is 0.139 e. The molecule has 2 N–H and O–H groups in total. The van der Waals surface area contributed by atoms with Crippen molar-refractivity contribution in [1.82, 2.24) is 0 Å². The van der Waals surface area contributed by atoms with Crippen LogP contribution in [0.2, 0.25) is 0 Å². The summed E-state index contributed by atoms with van der Waals surface area (Å²) in [6.45, 7) is 4.05. The van der Waals surface area contributed by atoms with Gasteiger partial charge >= 0.3 is 0 Å². The molecule has 4 aromatic rings. The van der Waals surface area contributed by atoms with E-state index >= 15 is 0 Å². The second-order valence-electron chi connectivity index (χ2n) is 8.37. The minimum absolute atomic E-state index is 0.0448. The number of allylic oxidation sites excluding steroid dienone is 2. The van der Waals surface area contributed by atoms with Gasteiger partial charge in [-0.15, -0.1) is 0 Å². The highest BCUT2D eigenvalue weighted by Crippen LogP contribution is 2.41. The lowest BCUT2D eigenvalue weighted by molar-refractivity contribution is 0.456. The van der Waals surface area contributed by atoms with Crippen LogP contribution in [0, 0.1) is 0 Å². The summed E-state index contributed by atoms with van der Waals surface area (Å²) in [5, 5.41) is 22.6. The summed E-state index contributed by atoms with van der Waals surface area (Å²) >= 11 is 0. The second-order valence-corrected chi connectivity index (χ2v) is 9.79. The molecule has 4 aromatic carbocycles. The summed E-state index contributed by atoms with van der Waals surface area (Å²) in [5.74, 6) is -0.0897. The molecule has 3 nitrogen and oxygen atoms in total. The number of hydrogen-bond acceptors (Lipinski definition) is 3. The Labute approximate surface area is 215 Å².